The van der Waals surface area contributed by atoms with E-state index in [1.54, 1.807) is 0 Å². The molecule has 77 heavy (non-hydrogen) atoms. The fraction of sp³-hybridized carbons (Fsp3) is 0.732. The average Bonchev–Trinajstić information content (AvgIpc) is 3.43. The smallest absolute Gasteiger partial charge is 0.306 e. The normalized spacial score (nSPS) is 12.7. The first-order valence-corrected chi connectivity index (χ1v) is 32.7. The first kappa shape index (κ1) is 73.3. The lowest BCUT2D eigenvalue weighted by Crippen LogP contribution is -2.30. The molecule has 0 bridgehead atoms. The Morgan fingerprint density at radius 3 is 0.844 bits per heavy atom. The summed E-state index contributed by atoms with van der Waals surface area (Å²) in [6.07, 6.45) is 87.1. The highest BCUT2D eigenvalue weighted by molar-refractivity contribution is 5.71. The summed E-state index contributed by atoms with van der Waals surface area (Å²) in [4.78, 5) is 38.3. The van der Waals surface area contributed by atoms with E-state index >= 15 is 0 Å². The van der Waals surface area contributed by atoms with Gasteiger partial charge in [0.25, 0.3) is 0 Å². The summed E-state index contributed by atoms with van der Waals surface area (Å²) >= 11 is 0. The van der Waals surface area contributed by atoms with Gasteiger partial charge < -0.3 is 14.2 Å². The van der Waals surface area contributed by atoms with E-state index in [9.17, 15) is 14.4 Å². The molecule has 1 unspecified atom stereocenters. The highest BCUT2D eigenvalue weighted by atomic mass is 16.6. The van der Waals surface area contributed by atoms with E-state index in [0.29, 0.717) is 19.3 Å². The van der Waals surface area contributed by atoms with E-state index in [1.165, 1.54) is 154 Å². The van der Waals surface area contributed by atoms with Crippen LogP contribution in [0, 0.1) is 0 Å². The summed E-state index contributed by atoms with van der Waals surface area (Å²) in [6, 6.07) is 0. The van der Waals surface area contributed by atoms with Crippen LogP contribution in [0.25, 0.3) is 0 Å². The second-order valence-corrected chi connectivity index (χ2v) is 21.6. The van der Waals surface area contributed by atoms with E-state index in [2.05, 4.69) is 118 Å². The number of esters is 3. The lowest BCUT2D eigenvalue weighted by atomic mass is 10.0. The van der Waals surface area contributed by atoms with Gasteiger partial charge in [-0.1, -0.05) is 279 Å². The Morgan fingerprint density at radius 1 is 0.273 bits per heavy atom. The Balaban J connectivity index is 4.27. The van der Waals surface area contributed by atoms with Crippen molar-refractivity contribution in [3.63, 3.8) is 0 Å². The number of ether oxygens (including phenoxy) is 3. The average molecular weight is 1070 g/mol. The van der Waals surface area contributed by atoms with Crippen LogP contribution in [0.4, 0.5) is 0 Å². The van der Waals surface area contributed by atoms with Gasteiger partial charge in [-0.25, -0.2) is 0 Å². The molecule has 442 valence electrons. The van der Waals surface area contributed by atoms with Gasteiger partial charge in [0.05, 0.1) is 0 Å². The lowest BCUT2D eigenvalue weighted by molar-refractivity contribution is -0.167. The summed E-state index contributed by atoms with van der Waals surface area (Å²) < 4.78 is 16.9. The van der Waals surface area contributed by atoms with Crippen LogP contribution in [-0.2, 0) is 28.6 Å². The number of carbonyl (C=O) groups excluding carboxylic acids is 3. The van der Waals surface area contributed by atoms with Crippen molar-refractivity contribution in [3.8, 4) is 0 Å². The molecule has 0 spiro atoms. The highest BCUT2D eigenvalue weighted by Crippen LogP contribution is 2.16. The van der Waals surface area contributed by atoms with E-state index in [-0.39, 0.29) is 31.1 Å². The number of unbranched alkanes of at least 4 members (excludes halogenated alkanes) is 32. The van der Waals surface area contributed by atoms with Crippen LogP contribution >= 0.6 is 0 Å². The fourth-order valence-corrected chi connectivity index (χ4v) is 9.13. The van der Waals surface area contributed by atoms with Crippen molar-refractivity contribution in [1.29, 1.82) is 0 Å². The second-order valence-electron chi connectivity index (χ2n) is 21.6. The standard InChI is InChI=1S/C71H122O6/c1-4-7-10-13-16-19-22-24-26-28-30-32-33-34-35-36-37-39-40-42-44-46-49-52-55-58-61-64-70(73)76-67-68(66-75-69(72)63-60-57-54-51-48-21-18-15-12-9-6-3)77-71(74)65-62-59-56-53-50-47-45-43-41-38-31-29-27-25-23-20-17-14-11-8-5-2/h8,11,15,17-18,20,22,24-25,27-28,30-31,38,43,45,68H,4-7,9-10,12-14,16,19,21,23,26,29,32-37,39-42,44,46-67H2,1-3H3/b11-8-,18-15-,20-17-,24-22-,27-25-,30-28-,38-31-,45-43-. The van der Waals surface area contributed by atoms with Crippen molar-refractivity contribution in [2.75, 3.05) is 13.2 Å². The molecular formula is C71H122O6. The topological polar surface area (TPSA) is 78.9 Å². The molecule has 0 aliphatic carbocycles. The van der Waals surface area contributed by atoms with Crippen LogP contribution < -0.4 is 0 Å². The van der Waals surface area contributed by atoms with Crippen molar-refractivity contribution in [2.45, 2.75) is 322 Å². The maximum absolute atomic E-state index is 12.9. The predicted molar refractivity (Wildman–Crippen MR) is 334 cm³/mol. The van der Waals surface area contributed by atoms with Gasteiger partial charge >= 0.3 is 17.9 Å². The number of allylic oxidation sites excluding steroid dienone is 16. The molecule has 0 rings (SSSR count). The molecule has 0 N–H and O–H groups in total. The number of hydrogen-bond donors (Lipinski definition) is 0. The Bertz CT molecular complexity index is 1510. The lowest BCUT2D eigenvalue weighted by Gasteiger charge is -2.18. The fourth-order valence-electron chi connectivity index (χ4n) is 9.13. The minimum Gasteiger partial charge on any atom is -0.462 e. The van der Waals surface area contributed by atoms with Crippen molar-refractivity contribution in [3.05, 3.63) is 97.2 Å². The zero-order valence-electron chi connectivity index (χ0n) is 50.7. The Kier molecular flexibility index (Phi) is 61.8. The number of rotatable bonds is 59. The molecule has 0 aliphatic heterocycles. The van der Waals surface area contributed by atoms with E-state index in [0.717, 1.165) is 122 Å². The zero-order chi connectivity index (χ0) is 55.7. The summed E-state index contributed by atoms with van der Waals surface area (Å²) in [5, 5.41) is 0. The van der Waals surface area contributed by atoms with Crippen LogP contribution in [0.3, 0.4) is 0 Å². The third-order valence-electron chi connectivity index (χ3n) is 14.0. The van der Waals surface area contributed by atoms with Crippen LogP contribution in [0.5, 0.6) is 0 Å². The largest absolute Gasteiger partial charge is 0.462 e. The van der Waals surface area contributed by atoms with Crippen LogP contribution in [0.2, 0.25) is 0 Å². The van der Waals surface area contributed by atoms with E-state index in [1.807, 2.05) is 0 Å². The summed E-state index contributed by atoms with van der Waals surface area (Å²) in [7, 11) is 0. The molecule has 0 aromatic carbocycles. The molecule has 0 aromatic heterocycles. The first-order valence-electron chi connectivity index (χ1n) is 32.7. The third kappa shape index (κ3) is 63.0. The van der Waals surface area contributed by atoms with E-state index in [4.69, 9.17) is 14.2 Å². The maximum atomic E-state index is 12.9. The quantitative estimate of drug-likeness (QED) is 0.0261. The Morgan fingerprint density at radius 2 is 0.519 bits per heavy atom. The van der Waals surface area contributed by atoms with Gasteiger partial charge in [-0.2, -0.15) is 0 Å². The predicted octanol–water partition coefficient (Wildman–Crippen LogP) is 22.4. The van der Waals surface area contributed by atoms with Gasteiger partial charge in [0, 0.05) is 19.3 Å². The highest BCUT2D eigenvalue weighted by Gasteiger charge is 2.19. The molecule has 0 heterocycles. The molecule has 0 aliphatic rings. The molecule has 6 heteroatoms. The molecule has 0 saturated carbocycles. The van der Waals surface area contributed by atoms with Crippen LogP contribution in [-0.4, -0.2) is 37.2 Å². The first-order chi connectivity index (χ1) is 38.0. The Hall–Kier alpha value is -3.67. The zero-order valence-corrected chi connectivity index (χ0v) is 50.7. The summed E-state index contributed by atoms with van der Waals surface area (Å²) in [6.45, 7) is 6.48. The van der Waals surface area contributed by atoms with Crippen molar-refractivity contribution in [2.24, 2.45) is 0 Å². The van der Waals surface area contributed by atoms with Gasteiger partial charge in [0.15, 0.2) is 6.10 Å². The monoisotopic (exact) mass is 1070 g/mol. The second kappa shape index (κ2) is 64.9. The van der Waals surface area contributed by atoms with Gasteiger partial charge in [0.1, 0.15) is 13.2 Å². The van der Waals surface area contributed by atoms with Crippen molar-refractivity contribution in [1.82, 2.24) is 0 Å². The molecule has 1 atom stereocenters. The molecular weight excluding hydrogens is 949 g/mol. The van der Waals surface area contributed by atoms with Crippen LogP contribution in [0.1, 0.15) is 316 Å². The summed E-state index contributed by atoms with van der Waals surface area (Å²) in [5.41, 5.74) is 0. The molecule has 0 amide bonds. The molecule has 6 nitrogen and oxygen atoms in total. The van der Waals surface area contributed by atoms with E-state index < -0.39 is 6.10 Å². The molecule has 0 fully saturated rings. The SMILES string of the molecule is CC/C=C\C/C=C\C/C=C\C/C=C\C/C=C\CCCCCCCC(=O)OC(COC(=O)CCCCCCC/C=C\CCCC)COC(=O)CCCCCCCCCCCCCCCCC/C=C\C/C=C\CCCCCCC. The molecule has 0 aromatic rings. The van der Waals surface area contributed by atoms with Crippen LogP contribution in [0.15, 0.2) is 97.2 Å². The molecule has 0 saturated heterocycles. The Labute approximate surface area is 477 Å². The van der Waals surface area contributed by atoms with Gasteiger partial charge in [0.2, 0.25) is 0 Å². The minimum atomic E-state index is -0.792. The van der Waals surface area contributed by atoms with Gasteiger partial charge in [-0.05, 0) is 116 Å². The van der Waals surface area contributed by atoms with Crippen molar-refractivity contribution >= 4 is 17.9 Å². The number of hydrogen-bond acceptors (Lipinski definition) is 6. The van der Waals surface area contributed by atoms with Gasteiger partial charge in [-0.3, -0.25) is 14.4 Å². The third-order valence-corrected chi connectivity index (χ3v) is 14.0. The number of carbonyl (C=O) groups is 3. The van der Waals surface area contributed by atoms with Crippen molar-refractivity contribution < 1.29 is 28.6 Å². The minimum absolute atomic E-state index is 0.0871. The molecule has 0 radical (unpaired) electrons. The van der Waals surface area contributed by atoms with Gasteiger partial charge in [-0.15, -0.1) is 0 Å². The maximum Gasteiger partial charge on any atom is 0.306 e. The summed E-state index contributed by atoms with van der Waals surface area (Å²) in [5.74, 6) is -0.907.